The van der Waals surface area contributed by atoms with Gasteiger partial charge >= 0.3 is 0 Å². The summed E-state index contributed by atoms with van der Waals surface area (Å²) in [6.45, 7) is 3.06. The highest BCUT2D eigenvalue weighted by atomic mass is 35.5. The number of hydrogen-bond donors (Lipinski definition) is 2. The van der Waals surface area contributed by atoms with Crippen molar-refractivity contribution in [3.05, 3.63) is 5.28 Å². The molecule has 0 amide bonds. The van der Waals surface area contributed by atoms with Crippen molar-refractivity contribution >= 4 is 35.3 Å². The lowest BCUT2D eigenvalue weighted by Gasteiger charge is -2.22. The van der Waals surface area contributed by atoms with Crippen LogP contribution in [0.25, 0.3) is 0 Å². The van der Waals surface area contributed by atoms with E-state index in [-0.39, 0.29) is 16.0 Å². The van der Waals surface area contributed by atoms with E-state index in [9.17, 15) is 0 Å². The van der Waals surface area contributed by atoms with E-state index in [2.05, 4.69) is 27.2 Å². The predicted octanol–water partition coefficient (Wildman–Crippen LogP) is 1.80. The highest BCUT2D eigenvalue weighted by Crippen LogP contribution is 2.37. The summed E-state index contributed by atoms with van der Waals surface area (Å²) in [4.78, 5) is 11.7. The van der Waals surface area contributed by atoms with Crippen LogP contribution in [0, 0.1) is 0 Å². The molecule has 0 aliphatic carbocycles. The molecular weight excluding hydrogens is 246 g/mol. The molecule has 1 aliphatic rings. The minimum atomic E-state index is 0.124. The SMILES string of the molecule is CC1(CNc2nc(N)nc(Cl)n2)CCCS1. The normalized spacial score (nSPS) is 24.6. The Morgan fingerprint density at radius 3 is 2.94 bits per heavy atom. The Morgan fingerprint density at radius 1 is 1.50 bits per heavy atom. The van der Waals surface area contributed by atoms with Gasteiger partial charge in [-0.2, -0.15) is 26.7 Å². The monoisotopic (exact) mass is 259 g/mol. The Labute approximate surface area is 104 Å². The Morgan fingerprint density at radius 2 is 2.31 bits per heavy atom. The highest BCUT2D eigenvalue weighted by molar-refractivity contribution is 8.00. The smallest absolute Gasteiger partial charge is 0.228 e. The average molecular weight is 260 g/mol. The third-order valence-corrected chi connectivity index (χ3v) is 4.25. The zero-order valence-electron chi connectivity index (χ0n) is 9.03. The minimum Gasteiger partial charge on any atom is -0.368 e. The molecule has 1 atom stereocenters. The van der Waals surface area contributed by atoms with Crippen molar-refractivity contribution in [1.29, 1.82) is 0 Å². The molecule has 0 saturated carbocycles. The van der Waals surface area contributed by atoms with Gasteiger partial charge in [-0.1, -0.05) is 0 Å². The van der Waals surface area contributed by atoms with Crippen molar-refractivity contribution in [1.82, 2.24) is 15.0 Å². The van der Waals surface area contributed by atoms with Crippen molar-refractivity contribution in [2.75, 3.05) is 23.3 Å². The summed E-state index contributed by atoms with van der Waals surface area (Å²) in [5.41, 5.74) is 5.48. The molecule has 5 nitrogen and oxygen atoms in total. The number of halogens is 1. The van der Waals surface area contributed by atoms with Gasteiger partial charge in [-0.3, -0.25) is 0 Å². The van der Waals surface area contributed by atoms with Gasteiger partial charge in [0.1, 0.15) is 0 Å². The van der Waals surface area contributed by atoms with E-state index in [0.29, 0.717) is 5.95 Å². The van der Waals surface area contributed by atoms with Gasteiger partial charge in [-0.25, -0.2) is 0 Å². The molecule has 7 heteroatoms. The first-order valence-electron chi connectivity index (χ1n) is 5.12. The van der Waals surface area contributed by atoms with Gasteiger partial charge in [0.2, 0.25) is 17.2 Å². The molecule has 16 heavy (non-hydrogen) atoms. The Bertz CT molecular complexity index is 360. The van der Waals surface area contributed by atoms with E-state index in [4.69, 9.17) is 17.3 Å². The summed E-state index contributed by atoms with van der Waals surface area (Å²) in [5.74, 6) is 1.82. The van der Waals surface area contributed by atoms with Gasteiger partial charge in [0.05, 0.1) is 0 Å². The van der Waals surface area contributed by atoms with Gasteiger partial charge < -0.3 is 11.1 Å². The third kappa shape index (κ3) is 2.89. The average Bonchev–Trinajstić information content (AvgIpc) is 2.62. The van der Waals surface area contributed by atoms with Gasteiger partial charge in [0.25, 0.3) is 0 Å². The standard InChI is InChI=1S/C9H14ClN5S/c1-9(3-2-4-16-9)5-12-8-14-6(10)13-7(11)15-8/h2-5H2,1H3,(H3,11,12,13,14,15). The molecule has 1 aromatic heterocycles. The molecule has 1 unspecified atom stereocenters. The van der Waals surface area contributed by atoms with Crippen LogP contribution in [-0.4, -0.2) is 32.0 Å². The quantitative estimate of drug-likeness (QED) is 0.862. The van der Waals surface area contributed by atoms with E-state index in [1.165, 1.54) is 18.6 Å². The lowest BCUT2D eigenvalue weighted by atomic mass is 10.1. The first kappa shape index (κ1) is 11.7. The maximum Gasteiger partial charge on any atom is 0.228 e. The molecule has 0 aromatic carbocycles. The summed E-state index contributed by atoms with van der Waals surface area (Å²) in [6.07, 6.45) is 2.47. The first-order valence-corrected chi connectivity index (χ1v) is 6.49. The van der Waals surface area contributed by atoms with Crippen molar-refractivity contribution < 1.29 is 0 Å². The van der Waals surface area contributed by atoms with Crippen LogP contribution < -0.4 is 11.1 Å². The Balaban J connectivity index is 1.98. The fourth-order valence-electron chi connectivity index (χ4n) is 1.69. The number of anilines is 2. The second-order valence-electron chi connectivity index (χ2n) is 4.04. The van der Waals surface area contributed by atoms with Gasteiger partial charge in [-0.05, 0) is 37.1 Å². The second kappa shape index (κ2) is 4.63. The molecule has 1 saturated heterocycles. The van der Waals surface area contributed by atoms with E-state index >= 15 is 0 Å². The molecule has 0 spiro atoms. The minimum absolute atomic E-state index is 0.124. The summed E-state index contributed by atoms with van der Waals surface area (Å²) in [7, 11) is 0. The summed E-state index contributed by atoms with van der Waals surface area (Å²) in [5, 5.41) is 3.29. The third-order valence-electron chi connectivity index (χ3n) is 2.55. The van der Waals surface area contributed by atoms with Crippen LogP contribution >= 0.6 is 23.4 Å². The number of rotatable bonds is 3. The number of hydrogen-bond acceptors (Lipinski definition) is 6. The number of nitrogens with two attached hydrogens (primary N) is 1. The van der Waals surface area contributed by atoms with E-state index in [1.54, 1.807) is 0 Å². The summed E-state index contributed by atoms with van der Waals surface area (Å²) >= 11 is 7.67. The van der Waals surface area contributed by atoms with Crippen LogP contribution in [0.5, 0.6) is 0 Å². The number of nitrogen functional groups attached to an aromatic ring is 1. The molecule has 88 valence electrons. The van der Waals surface area contributed by atoms with E-state index in [1.807, 2.05) is 11.8 Å². The van der Waals surface area contributed by atoms with Crippen molar-refractivity contribution in [3.8, 4) is 0 Å². The molecule has 0 bridgehead atoms. The number of thioether (sulfide) groups is 1. The highest BCUT2D eigenvalue weighted by Gasteiger charge is 2.29. The van der Waals surface area contributed by atoms with Crippen LogP contribution in [0.3, 0.4) is 0 Å². The van der Waals surface area contributed by atoms with Crippen molar-refractivity contribution in [2.45, 2.75) is 24.5 Å². The lowest BCUT2D eigenvalue weighted by molar-refractivity contribution is 0.632. The molecule has 1 aromatic rings. The predicted molar refractivity (Wildman–Crippen MR) is 67.8 cm³/mol. The Kier molecular flexibility index (Phi) is 3.39. The van der Waals surface area contributed by atoms with E-state index < -0.39 is 0 Å². The first-order chi connectivity index (χ1) is 7.57. The number of nitrogens with zero attached hydrogens (tertiary/aromatic N) is 3. The molecule has 1 fully saturated rings. The largest absolute Gasteiger partial charge is 0.368 e. The van der Waals surface area contributed by atoms with Crippen LogP contribution in [0.1, 0.15) is 19.8 Å². The summed E-state index contributed by atoms with van der Waals surface area (Å²) in [6, 6.07) is 0. The molecule has 2 heterocycles. The van der Waals surface area contributed by atoms with Gasteiger partial charge in [0.15, 0.2) is 0 Å². The van der Waals surface area contributed by atoms with Crippen LogP contribution in [-0.2, 0) is 0 Å². The summed E-state index contributed by atoms with van der Waals surface area (Å²) < 4.78 is 0.258. The molecule has 1 aliphatic heterocycles. The molecule has 2 rings (SSSR count). The van der Waals surface area contributed by atoms with Crippen LogP contribution in [0.15, 0.2) is 0 Å². The molecular formula is C9H14ClN5S. The molecule has 0 radical (unpaired) electrons. The number of aromatic nitrogens is 3. The second-order valence-corrected chi connectivity index (χ2v) is 6.06. The topological polar surface area (TPSA) is 76.7 Å². The Hall–Kier alpha value is -0.750. The van der Waals surface area contributed by atoms with Crippen molar-refractivity contribution in [2.24, 2.45) is 0 Å². The van der Waals surface area contributed by atoms with E-state index in [0.717, 1.165) is 6.54 Å². The van der Waals surface area contributed by atoms with Crippen LogP contribution in [0.2, 0.25) is 5.28 Å². The fraction of sp³-hybridized carbons (Fsp3) is 0.667. The zero-order chi connectivity index (χ0) is 11.6. The van der Waals surface area contributed by atoms with Gasteiger partial charge in [-0.15, -0.1) is 0 Å². The maximum absolute atomic E-state index is 5.69. The van der Waals surface area contributed by atoms with Gasteiger partial charge in [0, 0.05) is 11.3 Å². The van der Waals surface area contributed by atoms with Crippen LogP contribution in [0.4, 0.5) is 11.9 Å². The molecule has 3 N–H and O–H groups in total. The lowest BCUT2D eigenvalue weighted by Crippen LogP contribution is -2.27. The zero-order valence-corrected chi connectivity index (χ0v) is 10.6. The van der Waals surface area contributed by atoms with Crippen molar-refractivity contribution in [3.63, 3.8) is 0 Å². The fourth-order valence-corrected chi connectivity index (χ4v) is 3.10. The maximum atomic E-state index is 5.69. The number of nitrogens with one attached hydrogen (secondary N) is 1.